The van der Waals surface area contributed by atoms with Gasteiger partial charge in [0, 0.05) is 5.56 Å². The fourth-order valence-electron chi connectivity index (χ4n) is 1.46. The van der Waals surface area contributed by atoms with Crippen LogP contribution in [0.25, 0.3) is 0 Å². The highest BCUT2D eigenvalue weighted by molar-refractivity contribution is 6.02. The zero-order valence-corrected chi connectivity index (χ0v) is 13.7. The summed E-state index contributed by atoms with van der Waals surface area (Å²) in [6.45, 7) is 6.36. The minimum atomic E-state index is -1.16. The minimum Gasteiger partial charge on any atom is -0.490 e. The van der Waals surface area contributed by atoms with Crippen molar-refractivity contribution in [3.63, 3.8) is 0 Å². The van der Waals surface area contributed by atoms with Gasteiger partial charge < -0.3 is 20.3 Å². The van der Waals surface area contributed by atoms with Gasteiger partial charge in [-0.2, -0.15) is 4.99 Å². The number of amides is 1. The van der Waals surface area contributed by atoms with Gasteiger partial charge in [0.25, 0.3) is 0 Å². The Hall–Kier alpha value is -2.41. The van der Waals surface area contributed by atoms with Gasteiger partial charge in [-0.05, 0) is 52.0 Å². The Morgan fingerprint density at radius 3 is 2.30 bits per heavy atom. The summed E-state index contributed by atoms with van der Waals surface area (Å²) < 4.78 is 10.3. The van der Waals surface area contributed by atoms with Crippen molar-refractivity contribution in [2.24, 2.45) is 10.7 Å². The van der Waals surface area contributed by atoms with E-state index in [4.69, 9.17) is 15.2 Å². The van der Waals surface area contributed by atoms with Crippen LogP contribution in [0.1, 0.15) is 33.3 Å². The number of nitrogens with two attached hydrogens (primary N) is 1. The molecule has 0 heterocycles. The van der Waals surface area contributed by atoms with E-state index in [-0.39, 0.29) is 18.2 Å². The first-order valence-electron chi connectivity index (χ1n) is 7.07. The molecule has 1 rings (SSSR count). The molecule has 1 aromatic carbocycles. The third-order valence-corrected chi connectivity index (χ3v) is 2.63. The van der Waals surface area contributed by atoms with E-state index in [0.717, 1.165) is 0 Å². The first-order valence-corrected chi connectivity index (χ1v) is 7.07. The fourth-order valence-corrected chi connectivity index (χ4v) is 1.46. The number of rotatable bonds is 5. The van der Waals surface area contributed by atoms with Crippen LogP contribution in [0, 0.1) is 0 Å². The quantitative estimate of drug-likeness (QED) is 0.630. The van der Waals surface area contributed by atoms with E-state index < -0.39 is 17.8 Å². The Morgan fingerprint density at radius 1 is 1.26 bits per heavy atom. The number of amidine groups is 1. The smallest absolute Gasteiger partial charge is 0.436 e. The van der Waals surface area contributed by atoms with Gasteiger partial charge in [-0.15, -0.1) is 0 Å². The molecular weight excluding hydrogens is 300 g/mol. The van der Waals surface area contributed by atoms with E-state index in [0.29, 0.717) is 11.3 Å². The number of ketones is 1. The average Bonchev–Trinajstić information content (AvgIpc) is 2.42. The molecule has 0 spiro atoms. The number of Topliss-reactive ketones (excluding diaryl/α,β-unsaturated/α-hetero) is 1. The standard InChI is InChI=1S/C16H22N2O5/c1-10(19)13(20)9-22-12-7-5-11(6-8-12)14(17)18-15(21)23-16(2,3)4/h5-8,13,20H,9H2,1-4H3,(H2,17,18,21). The number of benzene rings is 1. The van der Waals surface area contributed by atoms with Crippen molar-refractivity contribution in [2.75, 3.05) is 6.61 Å². The number of aliphatic imine (C=N–C) groups is 1. The van der Waals surface area contributed by atoms with Gasteiger partial charge in [0.2, 0.25) is 0 Å². The highest BCUT2D eigenvalue weighted by Gasteiger charge is 2.16. The van der Waals surface area contributed by atoms with Crippen LogP contribution in [0.15, 0.2) is 29.3 Å². The van der Waals surface area contributed by atoms with E-state index in [1.807, 2.05) is 0 Å². The lowest BCUT2D eigenvalue weighted by atomic mass is 10.2. The van der Waals surface area contributed by atoms with Gasteiger partial charge in [0.05, 0.1) is 0 Å². The van der Waals surface area contributed by atoms with E-state index in [1.165, 1.54) is 6.92 Å². The lowest BCUT2D eigenvalue weighted by Crippen LogP contribution is -2.25. The van der Waals surface area contributed by atoms with E-state index in [9.17, 15) is 14.7 Å². The first kappa shape index (κ1) is 18.6. The molecule has 0 fully saturated rings. The van der Waals surface area contributed by atoms with Crippen molar-refractivity contribution in [1.82, 2.24) is 0 Å². The second kappa shape index (κ2) is 7.73. The molecule has 0 aromatic heterocycles. The number of aliphatic hydroxyl groups is 1. The maximum absolute atomic E-state index is 11.6. The number of ether oxygens (including phenoxy) is 2. The van der Waals surface area contributed by atoms with Crippen LogP contribution >= 0.6 is 0 Å². The minimum absolute atomic E-state index is 0.0228. The van der Waals surface area contributed by atoms with Crippen LogP contribution in [0.5, 0.6) is 5.75 Å². The maximum Gasteiger partial charge on any atom is 0.436 e. The Kier molecular flexibility index (Phi) is 6.27. The van der Waals surface area contributed by atoms with Crippen LogP contribution in [0.2, 0.25) is 0 Å². The zero-order valence-electron chi connectivity index (χ0n) is 13.7. The summed E-state index contributed by atoms with van der Waals surface area (Å²) in [5.41, 5.74) is 5.63. The van der Waals surface area contributed by atoms with Gasteiger partial charge in [-0.25, -0.2) is 4.79 Å². The summed E-state index contributed by atoms with van der Waals surface area (Å²) in [4.78, 5) is 26.1. The third kappa shape index (κ3) is 6.92. The Labute approximate surface area is 135 Å². The summed E-state index contributed by atoms with van der Waals surface area (Å²) in [7, 11) is 0. The number of carbonyl (C=O) groups excluding carboxylic acids is 2. The van der Waals surface area contributed by atoms with Crippen LogP contribution in [-0.4, -0.2) is 41.1 Å². The van der Waals surface area contributed by atoms with Gasteiger partial charge in [-0.1, -0.05) is 0 Å². The predicted molar refractivity (Wildman–Crippen MR) is 85.6 cm³/mol. The highest BCUT2D eigenvalue weighted by Crippen LogP contribution is 2.13. The lowest BCUT2D eigenvalue weighted by Gasteiger charge is -2.17. The Balaban J connectivity index is 2.68. The molecule has 3 N–H and O–H groups in total. The largest absolute Gasteiger partial charge is 0.490 e. The molecule has 0 aliphatic rings. The highest BCUT2D eigenvalue weighted by atomic mass is 16.6. The molecule has 1 unspecified atom stereocenters. The summed E-state index contributed by atoms with van der Waals surface area (Å²) in [6, 6.07) is 6.41. The molecule has 0 aliphatic carbocycles. The number of aliphatic hydroxyl groups excluding tert-OH is 1. The molecule has 1 amide bonds. The molecule has 0 aliphatic heterocycles. The van der Waals surface area contributed by atoms with E-state index >= 15 is 0 Å². The van der Waals surface area contributed by atoms with Crippen molar-refractivity contribution in [1.29, 1.82) is 0 Å². The molecule has 7 nitrogen and oxygen atoms in total. The monoisotopic (exact) mass is 322 g/mol. The summed E-state index contributed by atoms with van der Waals surface area (Å²) in [6.07, 6.45) is -1.92. The SMILES string of the molecule is CC(=O)C(O)COc1ccc(C(N)=NC(=O)OC(C)(C)C)cc1. The van der Waals surface area contributed by atoms with Crippen molar-refractivity contribution < 1.29 is 24.2 Å². The number of nitrogens with zero attached hydrogens (tertiary/aromatic N) is 1. The first-order chi connectivity index (χ1) is 10.6. The normalized spacial score (nSPS) is 13.3. The molecule has 7 heteroatoms. The Morgan fingerprint density at radius 2 is 1.83 bits per heavy atom. The lowest BCUT2D eigenvalue weighted by molar-refractivity contribution is -0.126. The molecule has 0 saturated carbocycles. The molecule has 23 heavy (non-hydrogen) atoms. The molecule has 0 radical (unpaired) electrons. The third-order valence-electron chi connectivity index (χ3n) is 2.63. The number of carbonyl (C=O) groups is 2. The summed E-state index contributed by atoms with van der Waals surface area (Å²) in [5, 5.41) is 9.36. The van der Waals surface area contributed by atoms with E-state index in [1.54, 1.807) is 45.0 Å². The second-order valence-electron chi connectivity index (χ2n) is 5.94. The topological polar surface area (TPSA) is 111 Å². The van der Waals surface area contributed by atoms with E-state index in [2.05, 4.69) is 4.99 Å². The molecule has 1 atom stereocenters. The number of hydrogen-bond acceptors (Lipinski definition) is 5. The maximum atomic E-state index is 11.6. The van der Waals surface area contributed by atoms with Crippen LogP contribution in [0.3, 0.4) is 0 Å². The van der Waals surface area contributed by atoms with Crippen molar-refractivity contribution in [3.05, 3.63) is 29.8 Å². The van der Waals surface area contributed by atoms with Crippen LogP contribution < -0.4 is 10.5 Å². The van der Waals surface area contributed by atoms with Crippen LogP contribution in [-0.2, 0) is 9.53 Å². The summed E-state index contributed by atoms with van der Waals surface area (Å²) in [5.74, 6) is 0.115. The Bertz CT molecular complexity index is 587. The van der Waals surface area contributed by atoms with Gasteiger partial charge in [0.15, 0.2) is 5.78 Å². The molecule has 0 saturated heterocycles. The van der Waals surface area contributed by atoms with Crippen molar-refractivity contribution >= 4 is 17.7 Å². The molecule has 1 aromatic rings. The molecule has 126 valence electrons. The summed E-state index contributed by atoms with van der Waals surface area (Å²) >= 11 is 0. The van der Waals surface area contributed by atoms with Gasteiger partial charge in [0.1, 0.15) is 29.9 Å². The fraction of sp³-hybridized carbons (Fsp3) is 0.438. The van der Waals surface area contributed by atoms with Gasteiger partial charge >= 0.3 is 6.09 Å². The van der Waals surface area contributed by atoms with Crippen LogP contribution in [0.4, 0.5) is 4.79 Å². The molecular formula is C16H22N2O5. The zero-order chi connectivity index (χ0) is 17.6. The second-order valence-corrected chi connectivity index (χ2v) is 5.94. The van der Waals surface area contributed by atoms with Crippen molar-refractivity contribution in [3.8, 4) is 5.75 Å². The predicted octanol–water partition coefficient (Wildman–Crippen LogP) is 1.66. The van der Waals surface area contributed by atoms with Gasteiger partial charge in [-0.3, -0.25) is 4.79 Å². The number of hydrogen-bond donors (Lipinski definition) is 2. The molecule has 0 bridgehead atoms. The van der Waals surface area contributed by atoms with Crippen molar-refractivity contribution in [2.45, 2.75) is 39.4 Å². The average molecular weight is 322 g/mol.